The van der Waals surface area contributed by atoms with Gasteiger partial charge >= 0.3 is 5.82 Å². The number of nitrogens with one attached hydrogen (secondary N) is 2. The molecule has 0 spiro atoms. The number of aromatic nitrogens is 3. The quantitative estimate of drug-likeness (QED) is 0.645. The highest BCUT2D eigenvalue weighted by Crippen LogP contribution is 2.15. The van der Waals surface area contributed by atoms with Crippen LogP contribution in [0.4, 0.5) is 0 Å². The van der Waals surface area contributed by atoms with Crippen molar-refractivity contribution in [2.75, 3.05) is 0 Å². The average molecular weight is 202 g/mol. The number of benzene rings is 1. The van der Waals surface area contributed by atoms with Crippen molar-refractivity contribution in [3.05, 3.63) is 35.2 Å². The van der Waals surface area contributed by atoms with E-state index in [0.29, 0.717) is 0 Å². The van der Waals surface area contributed by atoms with Crippen LogP contribution in [0.2, 0.25) is 0 Å². The van der Waals surface area contributed by atoms with E-state index >= 15 is 0 Å². The Kier molecular flexibility index (Phi) is 1.61. The van der Waals surface area contributed by atoms with Gasteiger partial charge in [-0.15, -0.1) is 11.3 Å². The van der Waals surface area contributed by atoms with Crippen LogP contribution in [0, 0.1) is 0 Å². The molecule has 0 radical (unpaired) electrons. The minimum atomic E-state index is 0.964. The first kappa shape index (κ1) is 7.70. The highest BCUT2D eigenvalue weighted by molar-refractivity contribution is 7.07. The molecular formula is C10H8N3S+. The number of hydrogen-bond acceptors (Lipinski definition) is 2. The Morgan fingerprint density at radius 1 is 1.29 bits per heavy atom. The summed E-state index contributed by atoms with van der Waals surface area (Å²) in [6, 6.07) is 8.11. The first-order chi connectivity index (χ1) is 6.93. The molecule has 0 atom stereocenters. The maximum absolute atomic E-state index is 4.24. The van der Waals surface area contributed by atoms with Crippen molar-refractivity contribution in [2.45, 2.75) is 0 Å². The monoisotopic (exact) mass is 202 g/mol. The van der Waals surface area contributed by atoms with Crippen LogP contribution in [0.1, 0.15) is 0 Å². The molecule has 0 amide bonds. The molecule has 2 aromatic heterocycles. The molecule has 0 unspecified atom stereocenters. The van der Waals surface area contributed by atoms with Crippen molar-refractivity contribution in [3.8, 4) is 11.5 Å². The molecule has 0 bridgehead atoms. The smallest absolute Gasteiger partial charge is 0.237 e. The summed E-state index contributed by atoms with van der Waals surface area (Å²) in [6.07, 6.45) is 0. The van der Waals surface area contributed by atoms with Gasteiger partial charge in [0.15, 0.2) is 16.7 Å². The Morgan fingerprint density at radius 2 is 2.21 bits per heavy atom. The first-order valence-corrected chi connectivity index (χ1v) is 5.26. The van der Waals surface area contributed by atoms with Gasteiger partial charge in [-0.1, -0.05) is 12.1 Å². The molecule has 0 aliphatic carbocycles. The van der Waals surface area contributed by atoms with E-state index in [-0.39, 0.29) is 0 Å². The Balaban J connectivity index is 2.24. The second-order valence-corrected chi connectivity index (χ2v) is 3.76. The van der Waals surface area contributed by atoms with Gasteiger partial charge in [-0.2, -0.15) is 0 Å². The van der Waals surface area contributed by atoms with Crippen molar-refractivity contribution in [3.63, 3.8) is 0 Å². The van der Waals surface area contributed by atoms with Crippen LogP contribution in [0.25, 0.3) is 22.6 Å². The lowest BCUT2D eigenvalue weighted by atomic mass is 10.3. The maximum atomic E-state index is 4.24. The van der Waals surface area contributed by atoms with Gasteiger partial charge in [0.25, 0.3) is 0 Å². The Labute approximate surface area is 84.5 Å². The minimum absolute atomic E-state index is 0.964. The second kappa shape index (κ2) is 2.92. The fraction of sp³-hybridized carbons (Fsp3) is 0. The summed E-state index contributed by atoms with van der Waals surface area (Å²) >= 11 is 1.59. The zero-order chi connectivity index (χ0) is 9.38. The summed E-state index contributed by atoms with van der Waals surface area (Å²) in [5.74, 6) is 0.965. The summed E-state index contributed by atoms with van der Waals surface area (Å²) in [4.78, 5) is 10.8. The number of imidazole rings is 1. The number of nitrogens with zero attached hydrogens (tertiary/aromatic N) is 1. The zero-order valence-corrected chi connectivity index (χ0v) is 8.14. The summed E-state index contributed by atoms with van der Waals surface area (Å²) in [5.41, 5.74) is 5.01. The van der Waals surface area contributed by atoms with E-state index in [1.807, 2.05) is 35.2 Å². The number of fused-ring (bicyclic) bond motifs is 1. The second-order valence-electron chi connectivity index (χ2n) is 3.04. The maximum Gasteiger partial charge on any atom is 0.305 e. The van der Waals surface area contributed by atoms with E-state index in [0.717, 1.165) is 22.6 Å². The first-order valence-electron chi connectivity index (χ1n) is 4.32. The molecule has 14 heavy (non-hydrogen) atoms. The van der Waals surface area contributed by atoms with E-state index in [1.165, 1.54) is 0 Å². The van der Waals surface area contributed by atoms with Gasteiger partial charge in [0.1, 0.15) is 0 Å². The highest BCUT2D eigenvalue weighted by atomic mass is 32.1. The van der Waals surface area contributed by atoms with Crippen molar-refractivity contribution in [1.82, 2.24) is 9.97 Å². The standard InChI is InChI=1S/C10H7N3S/c1-2-4-8-7(3-1)12-10(13-8)9-5-14-6-11-9/h1-6H,(H,12,13)/p+1. The molecule has 0 saturated carbocycles. The summed E-state index contributed by atoms with van der Waals surface area (Å²) in [6.45, 7) is 0. The van der Waals surface area contributed by atoms with E-state index in [9.17, 15) is 0 Å². The molecule has 0 aliphatic rings. The van der Waals surface area contributed by atoms with Crippen LogP contribution in [0.5, 0.6) is 0 Å². The Hall–Kier alpha value is -1.68. The highest BCUT2D eigenvalue weighted by Gasteiger charge is 2.12. The number of para-hydroxylation sites is 2. The van der Waals surface area contributed by atoms with Crippen LogP contribution >= 0.6 is 11.3 Å². The molecular weight excluding hydrogens is 194 g/mol. The van der Waals surface area contributed by atoms with Crippen LogP contribution < -0.4 is 4.98 Å². The molecule has 0 fully saturated rings. The molecule has 3 rings (SSSR count). The lowest BCUT2D eigenvalue weighted by Crippen LogP contribution is -2.01. The van der Waals surface area contributed by atoms with Crippen molar-refractivity contribution >= 4 is 22.4 Å². The number of rotatable bonds is 1. The molecule has 2 N–H and O–H groups in total. The average Bonchev–Trinajstić information content (AvgIpc) is 2.86. The van der Waals surface area contributed by atoms with Crippen LogP contribution in [-0.4, -0.2) is 9.97 Å². The van der Waals surface area contributed by atoms with Crippen LogP contribution in [0.3, 0.4) is 0 Å². The van der Waals surface area contributed by atoms with E-state index < -0.39 is 0 Å². The Morgan fingerprint density at radius 3 is 3.00 bits per heavy atom. The van der Waals surface area contributed by atoms with Crippen LogP contribution in [0.15, 0.2) is 35.2 Å². The fourth-order valence-corrected chi connectivity index (χ4v) is 2.01. The minimum Gasteiger partial charge on any atom is -0.237 e. The third-order valence-electron chi connectivity index (χ3n) is 2.13. The van der Waals surface area contributed by atoms with Gasteiger partial charge in [-0.05, 0) is 12.1 Å². The van der Waals surface area contributed by atoms with Crippen molar-refractivity contribution < 1.29 is 4.98 Å². The summed E-state index contributed by atoms with van der Waals surface area (Å²) in [5, 5.41) is 2.02. The molecule has 1 aromatic carbocycles. The van der Waals surface area contributed by atoms with Crippen molar-refractivity contribution in [2.24, 2.45) is 0 Å². The molecule has 0 aliphatic heterocycles. The molecule has 3 aromatic rings. The predicted octanol–water partition coefficient (Wildman–Crippen LogP) is 2.11. The molecule has 68 valence electrons. The predicted molar refractivity (Wildman–Crippen MR) is 56.0 cm³/mol. The SMILES string of the molecule is c1ccc2[nH+]c(-c3cscn3)[nH]c2c1. The molecule has 2 heterocycles. The molecule has 3 nitrogen and oxygen atoms in total. The third kappa shape index (κ3) is 1.12. The Bertz CT molecular complexity index is 521. The van der Waals surface area contributed by atoms with Gasteiger partial charge in [-0.25, -0.2) is 15.0 Å². The summed E-state index contributed by atoms with van der Waals surface area (Å²) < 4.78 is 0. The van der Waals surface area contributed by atoms with Gasteiger partial charge in [0.2, 0.25) is 0 Å². The lowest BCUT2D eigenvalue weighted by molar-refractivity contribution is -0.330. The van der Waals surface area contributed by atoms with Gasteiger partial charge in [-0.3, -0.25) is 0 Å². The zero-order valence-electron chi connectivity index (χ0n) is 7.32. The van der Waals surface area contributed by atoms with Gasteiger partial charge in [0, 0.05) is 5.38 Å². The molecule has 0 saturated heterocycles. The molecule has 4 heteroatoms. The summed E-state index contributed by atoms with van der Waals surface area (Å²) in [7, 11) is 0. The van der Waals surface area contributed by atoms with Crippen molar-refractivity contribution in [1.29, 1.82) is 0 Å². The van der Waals surface area contributed by atoms with Crippen LogP contribution in [-0.2, 0) is 0 Å². The number of hydrogen-bond donors (Lipinski definition) is 1. The largest absolute Gasteiger partial charge is 0.305 e. The third-order valence-corrected chi connectivity index (χ3v) is 2.72. The fourth-order valence-electron chi connectivity index (χ4n) is 1.47. The number of H-pyrrole nitrogens is 2. The van der Waals surface area contributed by atoms with E-state index in [4.69, 9.17) is 0 Å². The normalized spacial score (nSPS) is 10.9. The van der Waals surface area contributed by atoms with Gasteiger partial charge in [0.05, 0.1) is 5.51 Å². The topological polar surface area (TPSA) is 42.8 Å². The lowest BCUT2D eigenvalue weighted by Gasteiger charge is -1.77. The van der Waals surface area contributed by atoms with E-state index in [1.54, 1.807) is 11.3 Å². The number of aromatic amines is 2. The van der Waals surface area contributed by atoms with Gasteiger partial charge < -0.3 is 0 Å². The number of thiazole rings is 1. The van der Waals surface area contributed by atoms with E-state index in [2.05, 4.69) is 15.0 Å².